The molecule has 2 aromatic rings. The maximum absolute atomic E-state index is 10.8. The second-order valence-corrected chi connectivity index (χ2v) is 4.23. The van der Waals surface area contributed by atoms with Crippen molar-refractivity contribution in [3.8, 4) is 0 Å². The van der Waals surface area contributed by atoms with E-state index in [9.17, 15) is 4.79 Å². The van der Waals surface area contributed by atoms with E-state index >= 15 is 0 Å². The van der Waals surface area contributed by atoms with E-state index in [2.05, 4.69) is 4.98 Å². The van der Waals surface area contributed by atoms with Gasteiger partial charge in [-0.15, -0.1) is 0 Å². The maximum Gasteiger partial charge on any atom is 0.372 e. The van der Waals surface area contributed by atoms with Crippen LogP contribution in [0.1, 0.15) is 16.1 Å². The number of carbonyl (C=O) groups is 1. The van der Waals surface area contributed by atoms with Crippen molar-refractivity contribution in [1.29, 1.82) is 0 Å². The summed E-state index contributed by atoms with van der Waals surface area (Å²) in [5, 5.41) is 9.55. The molecule has 0 aliphatic rings. The van der Waals surface area contributed by atoms with Gasteiger partial charge in [-0.1, -0.05) is 11.8 Å². The minimum absolute atomic E-state index is 0.0352. The molecule has 88 valence electrons. The van der Waals surface area contributed by atoms with Gasteiger partial charge >= 0.3 is 5.97 Å². The highest BCUT2D eigenvalue weighted by atomic mass is 32.2. The smallest absolute Gasteiger partial charge is 0.372 e. The standard InChI is InChI=1S/C11H10N2O3S/c12-8-2-1-4-13-10(8)17-6-7-3-5-16-9(7)11(14)15/h1-5H,6,12H2,(H,14,15). The number of hydrogen-bond acceptors (Lipinski definition) is 5. The van der Waals surface area contributed by atoms with Crippen LogP contribution in [-0.2, 0) is 5.75 Å². The average molecular weight is 250 g/mol. The van der Waals surface area contributed by atoms with Crippen molar-refractivity contribution in [3.05, 3.63) is 42.0 Å². The summed E-state index contributed by atoms with van der Waals surface area (Å²) in [6, 6.07) is 5.14. The largest absolute Gasteiger partial charge is 0.475 e. The van der Waals surface area contributed by atoms with Gasteiger partial charge in [0.05, 0.1) is 12.0 Å². The highest BCUT2D eigenvalue weighted by Gasteiger charge is 2.14. The number of nitrogen functional groups attached to an aromatic ring is 1. The van der Waals surface area contributed by atoms with Crippen molar-refractivity contribution in [2.75, 3.05) is 5.73 Å². The van der Waals surface area contributed by atoms with Crippen molar-refractivity contribution in [2.45, 2.75) is 10.8 Å². The number of carboxylic acids is 1. The third-order valence-electron chi connectivity index (χ3n) is 2.11. The van der Waals surface area contributed by atoms with E-state index in [4.69, 9.17) is 15.3 Å². The van der Waals surface area contributed by atoms with Crippen LogP contribution < -0.4 is 5.73 Å². The molecule has 2 heterocycles. The topological polar surface area (TPSA) is 89.4 Å². The van der Waals surface area contributed by atoms with E-state index in [1.54, 1.807) is 24.4 Å². The highest BCUT2D eigenvalue weighted by molar-refractivity contribution is 7.98. The van der Waals surface area contributed by atoms with E-state index in [0.29, 0.717) is 22.0 Å². The Morgan fingerprint density at radius 1 is 1.53 bits per heavy atom. The van der Waals surface area contributed by atoms with Crippen molar-refractivity contribution in [1.82, 2.24) is 4.98 Å². The van der Waals surface area contributed by atoms with Gasteiger partial charge in [0.25, 0.3) is 0 Å². The van der Waals surface area contributed by atoms with Crippen LogP contribution in [-0.4, -0.2) is 16.1 Å². The van der Waals surface area contributed by atoms with Crippen LogP contribution in [0.25, 0.3) is 0 Å². The van der Waals surface area contributed by atoms with Gasteiger partial charge in [-0.3, -0.25) is 0 Å². The third kappa shape index (κ3) is 2.59. The van der Waals surface area contributed by atoms with Gasteiger partial charge in [0.1, 0.15) is 5.03 Å². The number of nitrogens with two attached hydrogens (primary N) is 1. The molecule has 0 radical (unpaired) electrons. The first-order valence-corrected chi connectivity index (χ1v) is 5.80. The molecule has 0 aromatic carbocycles. The molecule has 0 aliphatic heterocycles. The molecular formula is C11H10N2O3S. The van der Waals surface area contributed by atoms with Crippen LogP contribution in [0.5, 0.6) is 0 Å². The lowest BCUT2D eigenvalue weighted by molar-refractivity contribution is 0.0661. The molecule has 2 aromatic heterocycles. The zero-order chi connectivity index (χ0) is 12.3. The van der Waals surface area contributed by atoms with Gasteiger partial charge in [0, 0.05) is 17.5 Å². The van der Waals surface area contributed by atoms with Crippen molar-refractivity contribution >= 4 is 23.4 Å². The van der Waals surface area contributed by atoms with Crippen molar-refractivity contribution in [2.24, 2.45) is 0 Å². The molecular weight excluding hydrogens is 240 g/mol. The summed E-state index contributed by atoms with van der Waals surface area (Å²) in [7, 11) is 0. The van der Waals surface area contributed by atoms with Gasteiger partial charge in [0.2, 0.25) is 5.76 Å². The summed E-state index contributed by atoms with van der Waals surface area (Å²) >= 11 is 1.38. The first-order chi connectivity index (χ1) is 8.18. The molecule has 0 spiro atoms. The summed E-state index contributed by atoms with van der Waals surface area (Å²) < 4.78 is 4.88. The number of carboxylic acid groups (broad SMARTS) is 1. The molecule has 0 atom stereocenters. The Balaban J connectivity index is 2.10. The Labute approximate surface area is 102 Å². The number of pyridine rings is 1. The molecule has 17 heavy (non-hydrogen) atoms. The summed E-state index contributed by atoms with van der Waals surface area (Å²) in [5.41, 5.74) is 6.93. The number of aromatic carboxylic acids is 1. The van der Waals surface area contributed by atoms with Crippen molar-refractivity contribution in [3.63, 3.8) is 0 Å². The summed E-state index contributed by atoms with van der Waals surface area (Å²) in [6.45, 7) is 0. The molecule has 0 saturated heterocycles. The average Bonchev–Trinajstić information content (AvgIpc) is 2.76. The summed E-state index contributed by atoms with van der Waals surface area (Å²) in [6.07, 6.45) is 3.01. The molecule has 0 unspecified atom stereocenters. The molecule has 0 aliphatic carbocycles. The minimum Gasteiger partial charge on any atom is -0.475 e. The number of rotatable bonds is 4. The number of hydrogen-bond donors (Lipinski definition) is 2. The Morgan fingerprint density at radius 3 is 3.06 bits per heavy atom. The van der Waals surface area contributed by atoms with E-state index in [-0.39, 0.29) is 5.76 Å². The summed E-state index contributed by atoms with van der Waals surface area (Å²) in [4.78, 5) is 14.9. The Morgan fingerprint density at radius 2 is 2.35 bits per heavy atom. The molecule has 0 amide bonds. The molecule has 0 fully saturated rings. The first kappa shape index (κ1) is 11.5. The van der Waals surface area contributed by atoms with Crippen molar-refractivity contribution < 1.29 is 14.3 Å². The van der Waals surface area contributed by atoms with Gasteiger partial charge in [-0.25, -0.2) is 9.78 Å². The van der Waals surface area contributed by atoms with E-state index in [1.807, 2.05) is 0 Å². The number of anilines is 1. The van der Waals surface area contributed by atoms with E-state index in [1.165, 1.54) is 18.0 Å². The third-order valence-corrected chi connectivity index (χ3v) is 3.18. The van der Waals surface area contributed by atoms with Gasteiger partial charge in [-0.2, -0.15) is 0 Å². The lowest BCUT2D eigenvalue weighted by Crippen LogP contribution is -1.98. The fraction of sp³-hybridized carbons (Fsp3) is 0.0909. The number of thioether (sulfide) groups is 1. The minimum atomic E-state index is -1.07. The maximum atomic E-state index is 10.8. The lowest BCUT2D eigenvalue weighted by atomic mass is 10.3. The van der Waals surface area contributed by atoms with Gasteiger partial charge < -0.3 is 15.3 Å². The Kier molecular flexibility index (Phi) is 3.34. The predicted octanol–water partition coefficient (Wildman–Crippen LogP) is 2.25. The van der Waals surface area contributed by atoms with Gasteiger partial charge in [0.15, 0.2) is 0 Å². The van der Waals surface area contributed by atoms with Crippen LogP contribution in [0.2, 0.25) is 0 Å². The first-order valence-electron chi connectivity index (χ1n) is 4.81. The highest BCUT2D eigenvalue weighted by Crippen LogP contribution is 2.27. The SMILES string of the molecule is Nc1cccnc1SCc1ccoc1C(=O)O. The van der Waals surface area contributed by atoms with Crippen LogP contribution in [0.15, 0.2) is 40.1 Å². The lowest BCUT2D eigenvalue weighted by Gasteiger charge is -2.02. The molecule has 2 rings (SSSR count). The monoisotopic (exact) mass is 250 g/mol. The Hall–Kier alpha value is -1.95. The zero-order valence-electron chi connectivity index (χ0n) is 8.79. The van der Waals surface area contributed by atoms with E-state index < -0.39 is 5.97 Å². The normalized spacial score (nSPS) is 10.4. The fourth-order valence-corrected chi connectivity index (χ4v) is 2.20. The zero-order valence-corrected chi connectivity index (χ0v) is 9.61. The molecule has 3 N–H and O–H groups in total. The fourth-order valence-electron chi connectivity index (χ4n) is 1.31. The van der Waals surface area contributed by atoms with Crippen LogP contribution in [0.3, 0.4) is 0 Å². The van der Waals surface area contributed by atoms with Gasteiger partial charge in [-0.05, 0) is 18.2 Å². The van der Waals surface area contributed by atoms with Crippen LogP contribution >= 0.6 is 11.8 Å². The van der Waals surface area contributed by atoms with Crippen LogP contribution in [0.4, 0.5) is 5.69 Å². The quantitative estimate of drug-likeness (QED) is 0.809. The second-order valence-electron chi connectivity index (χ2n) is 3.27. The molecule has 0 saturated carbocycles. The van der Waals surface area contributed by atoms with E-state index in [0.717, 1.165) is 0 Å². The van der Waals surface area contributed by atoms with Crippen LogP contribution in [0, 0.1) is 0 Å². The molecule has 6 heteroatoms. The number of furan rings is 1. The Bertz CT molecular complexity index is 539. The summed E-state index contributed by atoms with van der Waals surface area (Å²) in [5.74, 6) is -0.647. The number of aromatic nitrogens is 1. The predicted molar refractivity (Wildman–Crippen MR) is 63.9 cm³/mol. The second kappa shape index (κ2) is 4.92. The molecule has 5 nitrogen and oxygen atoms in total. The molecule has 0 bridgehead atoms. The number of nitrogens with zero attached hydrogens (tertiary/aromatic N) is 1.